The van der Waals surface area contributed by atoms with Gasteiger partial charge < -0.3 is 19.5 Å². The van der Waals surface area contributed by atoms with Crippen LogP contribution in [-0.4, -0.2) is 37.1 Å². The number of ether oxygens (including phenoxy) is 3. The number of carbonyl (C=O) groups is 2. The van der Waals surface area contributed by atoms with E-state index in [9.17, 15) is 19.7 Å². The maximum absolute atomic E-state index is 12.2. The number of aryl methyl sites for hydroxylation is 1. The van der Waals surface area contributed by atoms with Gasteiger partial charge in [-0.15, -0.1) is 0 Å². The highest BCUT2D eigenvalue weighted by molar-refractivity contribution is 5.93. The SMILES string of the molecule is COc1ccc(CNC(=O)[C@@H](C)OC(=O)c2ccc(C)c([N+](=O)[O-])c2)cc1OC. The van der Waals surface area contributed by atoms with E-state index in [1.165, 1.54) is 33.3 Å². The number of carbonyl (C=O) groups excluding carboxylic acids is 2. The second-order valence-corrected chi connectivity index (χ2v) is 6.21. The molecule has 0 aliphatic carbocycles. The Labute approximate surface area is 167 Å². The molecular formula is C20H22N2O7. The van der Waals surface area contributed by atoms with E-state index in [1.54, 1.807) is 25.1 Å². The number of rotatable bonds is 8. The molecule has 1 N–H and O–H groups in total. The fourth-order valence-corrected chi connectivity index (χ4v) is 2.54. The van der Waals surface area contributed by atoms with Gasteiger partial charge >= 0.3 is 5.97 Å². The van der Waals surface area contributed by atoms with Crippen LogP contribution < -0.4 is 14.8 Å². The van der Waals surface area contributed by atoms with Crippen molar-refractivity contribution in [2.75, 3.05) is 14.2 Å². The fraction of sp³-hybridized carbons (Fsp3) is 0.300. The Morgan fingerprint density at radius 3 is 2.41 bits per heavy atom. The minimum absolute atomic E-state index is 0.00170. The van der Waals surface area contributed by atoms with Crippen LogP contribution in [0, 0.1) is 17.0 Å². The largest absolute Gasteiger partial charge is 0.493 e. The van der Waals surface area contributed by atoms with E-state index in [1.807, 2.05) is 0 Å². The number of nitro groups is 1. The normalized spacial score (nSPS) is 11.3. The maximum atomic E-state index is 12.2. The molecule has 29 heavy (non-hydrogen) atoms. The van der Waals surface area contributed by atoms with Crippen molar-refractivity contribution in [3.8, 4) is 11.5 Å². The summed E-state index contributed by atoms with van der Waals surface area (Å²) in [6.07, 6.45) is -1.08. The molecule has 0 saturated carbocycles. The van der Waals surface area contributed by atoms with Crippen molar-refractivity contribution in [3.63, 3.8) is 0 Å². The predicted octanol–water partition coefficient (Wildman–Crippen LogP) is 2.78. The van der Waals surface area contributed by atoms with Crippen LogP contribution in [0.15, 0.2) is 36.4 Å². The Kier molecular flexibility index (Phi) is 7.13. The first-order valence-electron chi connectivity index (χ1n) is 8.71. The van der Waals surface area contributed by atoms with Crippen LogP contribution in [-0.2, 0) is 16.1 Å². The highest BCUT2D eigenvalue weighted by Gasteiger charge is 2.21. The molecule has 154 valence electrons. The van der Waals surface area contributed by atoms with Gasteiger partial charge in [0.2, 0.25) is 0 Å². The Hall–Kier alpha value is -3.62. The summed E-state index contributed by atoms with van der Waals surface area (Å²) < 4.78 is 15.5. The third-order valence-corrected chi connectivity index (χ3v) is 4.21. The molecule has 0 spiro atoms. The number of nitrogens with zero attached hydrogens (tertiary/aromatic N) is 1. The zero-order chi connectivity index (χ0) is 21.6. The highest BCUT2D eigenvalue weighted by atomic mass is 16.6. The van der Waals surface area contributed by atoms with Crippen LogP contribution in [0.25, 0.3) is 0 Å². The number of nitrogens with one attached hydrogen (secondary N) is 1. The minimum atomic E-state index is -1.08. The van der Waals surface area contributed by atoms with Gasteiger partial charge in [-0.2, -0.15) is 0 Å². The average Bonchev–Trinajstić information content (AvgIpc) is 2.71. The van der Waals surface area contributed by atoms with Gasteiger partial charge in [0, 0.05) is 18.2 Å². The third-order valence-electron chi connectivity index (χ3n) is 4.21. The zero-order valence-electron chi connectivity index (χ0n) is 16.6. The Morgan fingerprint density at radius 1 is 1.10 bits per heavy atom. The molecule has 2 aromatic rings. The molecule has 0 unspecified atom stereocenters. The van der Waals surface area contributed by atoms with Crippen molar-refractivity contribution in [1.29, 1.82) is 0 Å². The van der Waals surface area contributed by atoms with E-state index < -0.39 is 22.9 Å². The van der Waals surface area contributed by atoms with Crippen molar-refractivity contribution in [2.24, 2.45) is 0 Å². The number of hydrogen-bond acceptors (Lipinski definition) is 7. The topological polar surface area (TPSA) is 117 Å². The molecule has 0 saturated heterocycles. The smallest absolute Gasteiger partial charge is 0.339 e. The molecule has 0 aliphatic rings. The molecule has 0 aliphatic heterocycles. The Balaban J connectivity index is 1.98. The molecule has 9 nitrogen and oxygen atoms in total. The number of methoxy groups -OCH3 is 2. The lowest BCUT2D eigenvalue weighted by Crippen LogP contribution is -2.35. The number of nitro benzene ring substituents is 1. The van der Waals surface area contributed by atoms with E-state index in [0.29, 0.717) is 17.1 Å². The molecule has 9 heteroatoms. The second-order valence-electron chi connectivity index (χ2n) is 6.21. The van der Waals surface area contributed by atoms with E-state index in [-0.39, 0.29) is 17.8 Å². The highest BCUT2D eigenvalue weighted by Crippen LogP contribution is 2.27. The van der Waals surface area contributed by atoms with Gasteiger partial charge in [0.15, 0.2) is 17.6 Å². The molecule has 0 heterocycles. The van der Waals surface area contributed by atoms with Crippen molar-refractivity contribution >= 4 is 17.6 Å². The lowest BCUT2D eigenvalue weighted by molar-refractivity contribution is -0.385. The third kappa shape index (κ3) is 5.44. The van der Waals surface area contributed by atoms with Crippen LogP contribution >= 0.6 is 0 Å². The molecule has 0 fully saturated rings. The van der Waals surface area contributed by atoms with Crippen molar-refractivity contribution in [2.45, 2.75) is 26.5 Å². The number of benzene rings is 2. The van der Waals surface area contributed by atoms with Gasteiger partial charge in [-0.25, -0.2) is 4.79 Å². The maximum Gasteiger partial charge on any atom is 0.339 e. The Bertz CT molecular complexity index is 927. The molecule has 1 atom stereocenters. The summed E-state index contributed by atoms with van der Waals surface area (Å²) in [6.45, 7) is 3.18. The molecule has 0 bridgehead atoms. The summed E-state index contributed by atoms with van der Waals surface area (Å²) in [6, 6.07) is 9.21. The fourth-order valence-electron chi connectivity index (χ4n) is 2.54. The van der Waals surface area contributed by atoms with E-state index in [2.05, 4.69) is 5.32 Å². The quantitative estimate of drug-likeness (QED) is 0.410. The molecule has 1 amide bonds. The van der Waals surface area contributed by atoms with Crippen LogP contribution in [0.1, 0.15) is 28.4 Å². The standard InChI is InChI=1S/C20H22N2O7/c1-12-5-7-15(10-16(12)22(25)26)20(24)29-13(2)19(23)21-11-14-6-8-17(27-3)18(9-14)28-4/h5-10,13H,11H2,1-4H3,(H,21,23)/t13-/m1/s1. The zero-order valence-corrected chi connectivity index (χ0v) is 16.6. The monoisotopic (exact) mass is 402 g/mol. The van der Waals surface area contributed by atoms with Crippen molar-refractivity contribution < 1.29 is 28.7 Å². The van der Waals surface area contributed by atoms with Gasteiger partial charge in [-0.05, 0) is 37.6 Å². The van der Waals surface area contributed by atoms with Crippen LogP contribution in [0.5, 0.6) is 11.5 Å². The van der Waals surface area contributed by atoms with Crippen LogP contribution in [0.4, 0.5) is 5.69 Å². The lowest BCUT2D eigenvalue weighted by Gasteiger charge is -2.14. The number of hydrogen-bond donors (Lipinski definition) is 1. The number of amides is 1. The van der Waals surface area contributed by atoms with Crippen LogP contribution in [0.2, 0.25) is 0 Å². The summed E-state index contributed by atoms with van der Waals surface area (Å²) in [5.41, 5.74) is 1.00. The van der Waals surface area contributed by atoms with E-state index in [0.717, 1.165) is 11.6 Å². The first-order valence-corrected chi connectivity index (χ1v) is 8.71. The lowest BCUT2D eigenvalue weighted by atomic mass is 10.1. The first kappa shape index (κ1) is 21.7. The molecule has 2 rings (SSSR count). The summed E-state index contributed by atoms with van der Waals surface area (Å²) in [4.78, 5) is 34.9. The Morgan fingerprint density at radius 2 is 1.79 bits per heavy atom. The van der Waals surface area contributed by atoms with E-state index >= 15 is 0 Å². The summed E-state index contributed by atoms with van der Waals surface area (Å²) >= 11 is 0. The van der Waals surface area contributed by atoms with Crippen LogP contribution in [0.3, 0.4) is 0 Å². The summed E-state index contributed by atoms with van der Waals surface area (Å²) in [7, 11) is 3.04. The molecule has 2 aromatic carbocycles. The average molecular weight is 402 g/mol. The molecular weight excluding hydrogens is 380 g/mol. The first-order chi connectivity index (χ1) is 13.8. The van der Waals surface area contributed by atoms with Crippen molar-refractivity contribution in [3.05, 3.63) is 63.2 Å². The van der Waals surface area contributed by atoms with Gasteiger partial charge in [0.25, 0.3) is 11.6 Å². The molecule has 0 aromatic heterocycles. The van der Waals surface area contributed by atoms with Gasteiger partial charge in [0.05, 0.1) is 24.7 Å². The van der Waals surface area contributed by atoms with Gasteiger partial charge in [-0.1, -0.05) is 12.1 Å². The number of esters is 1. The van der Waals surface area contributed by atoms with Gasteiger partial charge in [0.1, 0.15) is 0 Å². The minimum Gasteiger partial charge on any atom is -0.493 e. The second kappa shape index (κ2) is 9.54. The van der Waals surface area contributed by atoms with Crippen molar-refractivity contribution in [1.82, 2.24) is 5.32 Å². The predicted molar refractivity (Wildman–Crippen MR) is 104 cm³/mol. The van der Waals surface area contributed by atoms with Gasteiger partial charge in [-0.3, -0.25) is 14.9 Å². The summed E-state index contributed by atoms with van der Waals surface area (Å²) in [5, 5.41) is 13.7. The summed E-state index contributed by atoms with van der Waals surface area (Å²) in [5.74, 6) is -0.228. The molecule has 0 radical (unpaired) electrons. The van der Waals surface area contributed by atoms with E-state index in [4.69, 9.17) is 14.2 Å².